The molecule has 20 heavy (non-hydrogen) atoms. The van der Waals surface area contributed by atoms with Gasteiger partial charge in [-0.05, 0) is 42.4 Å². The largest absolute Gasteiger partial charge is 0.460 e. The lowest BCUT2D eigenvalue weighted by atomic mass is 10.2. The maximum atomic E-state index is 11.8. The van der Waals surface area contributed by atoms with Gasteiger partial charge < -0.3 is 4.74 Å². The number of hydrogen-bond donors (Lipinski definition) is 0. The van der Waals surface area contributed by atoms with E-state index in [-0.39, 0.29) is 11.2 Å². The first-order valence-corrected chi connectivity index (χ1v) is 7.75. The highest BCUT2D eigenvalue weighted by molar-refractivity contribution is 8.00. The van der Waals surface area contributed by atoms with Gasteiger partial charge in [0, 0.05) is 12.4 Å². The van der Waals surface area contributed by atoms with Gasteiger partial charge >= 0.3 is 5.97 Å². The molecule has 1 fully saturated rings. The van der Waals surface area contributed by atoms with Gasteiger partial charge in [0.2, 0.25) is 0 Å². The molecule has 0 amide bonds. The molecular weight excluding hydrogens is 272 g/mol. The first-order valence-electron chi connectivity index (χ1n) is 6.70. The molecule has 0 unspecified atom stereocenters. The van der Waals surface area contributed by atoms with Crippen molar-refractivity contribution in [2.24, 2.45) is 0 Å². The Hall–Kier alpha value is -1.75. The molecule has 3 rings (SSSR count). The van der Waals surface area contributed by atoms with Crippen LogP contribution in [0.2, 0.25) is 0 Å². The van der Waals surface area contributed by atoms with Gasteiger partial charge in [0.15, 0.2) is 0 Å². The highest BCUT2D eigenvalue weighted by Crippen LogP contribution is 2.27. The number of aromatic nitrogens is 2. The van der Waals surface area contributed by atoms with Crippen LogP contribution in [0.1, 0.15) is 18.4 Å². The molecule has 104 valence electrons. The Morgan fingerprint density at radius 3 is 2.90 bits per heavy atom. The second-order valence-corrected chi connectivity index (χ2v) is 6.04. The van der Waals surface area contributed by atoms with Crippen LogP contribution >= 0.6 is 11.8 Å². The van der Waals surface area contributed by atoms with Crippen molar-refractivity contribution < 1.29 is 9.53 Å². The van der Waals surface area contributed by atoms with Crippen molar-refractivity contribution in [3.05, 3.63) is 48.3 Å². The van der Waals surface area contributed by atoms with Crippen LogP contribution in [0.25, 0.3) is 5.69 Å². The van der Waals surface area contributed by atoms with Crippen LogP contribution in [0.5, 0.6) is 0 Å². The first-order chi connectivity index (χ1) is 9.83. The van der Waals surface area contributed by atoms with Crippen molar-refractivity contribution in [1.82, 2.24) is 9.78 Å². The van der Waals surface area contributed by atoms with Gasteiger partial charge in [0.05, 0.1) is 5.69 Å². The summed E-state index contributed by atoms with van der Waals surface area (Å²) in [4.78, 5) is 11.8. The molecular formula is C15H16N2O2S. The minimum absolute atomic E-state index is 0.0401. The maximum Gasteiger partial charge on any atom is 0.319 e. The molecule has 4 nitrogen and oxygen atoms in total. The standard InChI is InChI=1S/C15H16N2O2S/c18-15(14-3-1-10-20-14)19-11-12-4-6-13(7-5-12)17-9-2-8-16-17/h2,4-9,14H,1,3,10-11H2/t14-/m0/s1. The summed E-state index contributed by atoms with van der Waals surface area (Å²) in [6.45, 7) is 0.343. The summed E-state index contributed by atoms with van der Waals surface area (Å²) in [6.07, 6.45) is 5.70. The van der Waals surface area contributed by atoms with Gasteiger partial charge in [-0.15, -0.1) is 11.8 Å². The number of thioether (sulfide) groups is 1. The van der Waals surface area contributed by atoms with Gasteiger partial charge in [0.1, 0.15) is 11.9 Å². The van der Waals surface area contributed by atoms with Crippen LogP contribution in [0, 0.1) is 0 Å². The molecule has 2 aromatic rings. The second-order valence-electron chi connectivity index (χ2n) is 4.73. The van der Waals surface area contributed by atoms with Gasteiger partial charge in [-0.1, -0.05) is 12.1 Å². The second kappa shape index (κ2) is 6.13. The lowest BCUT2D eigenvalue weighted by molar-refractivity contribution is -0.144. The monoisotopic (exact) mass is 288 g/mol. The Morgan fingerprint density at radius 2 is 2.25 bits per heavy atom. The normalized spacial score (nSPS) is 18.1. The van der Waals surface area contributed by atoms with Crippen molar-refractivity contribution in [3.8, 4) is 5.69 Å². The molecule has 0 saturated carbocycles. The molecule has 0 radical (unpaired) electrons. The van der Waals surface area contributed by atoms with E-state index >= 15 is 0 Å². The zero-order chi connectivity index (χ0) is 13.8. The predicted molar refractivity (Wildman–Crippen MR) is 78.8 cm³/mol. The minimum Gasteiger partial charge on any atom is -0.460 e. The summed E-state index contributed by atoms with van der Waals surface area (Å²) < 4.78 is 7.16. The zero-order valence-electron chi connectivity index (χ0n) is 11.1. The Balaban J connectivity index is 1.57. The molecule has 1 aromatic carbocycles. The number of ether oxygens (including phenoxy) is 1. The summed E-state index contributed by atoms with van der Waals surface area (Å²) in [5.41, 5.74) is 1.99. The molecule has 1 atom stereocenters. The molecule has 0 spiro atoms. The predicted octanol–water partition coefficient (Wildman–Crippen LogP) is 2.81. The Bertz CT molecular complexity index is 560. The van der Waals surface area contributed by atoms with Crippen LogP contribution in [0.15, 0.2) is 42.7 Å². The third-order valence-electron chi connectivity index (χ3n) is 3.28. The minimum atomic E-state index is -0.0800. The molecule has 0 bridgehead atoms. The number of carbonyl (C=O) groups is 1. The van der Waals surface area contributed by atoms with E-state index in [9.17, 15) is 4.79 Å². The Labute approximate surface area is 122 Å². The van der Waals surface area contributed by atoms with E-state index in [1.165, 1.54) is 0 Å². The Kier molecular flexibility index (Phi) is 4.06. The van der Waals surface area contributed by atoms with E-state index in [0.717, 1.165) is 29.8 Å². The number of benzene rings is 1. The van der Waals surface area contributed by atoms with Gasteiger partial charge in [-0.3, -0.25) is 4.79 Å². The first kappa shape index (κ1) is 13.2. The number of rotatable bonds is 4. The van der Waals surface area contributed by atoms with E-state index in [1.54, 1.807) is 22.6 Å². The average molecular weight is 288 g/mol. The molecule has 1 saturated heterocycles. The van der Waals surface area contributed by atoms with Crippen LogP contribution in [-0.4, -0.2) is 26.8 Å². The van der Waals surface area contributed by atoms with Crippen LogP contribution in [0.3, 0.4) is 0 Å². The van der Waals surface area contributed by atoms with Crippen molar-refractivity contribution in [2.45, 2.75) is 24.7 Å². The highest BCUT2D eigenvalue weighted by atomic mass is 32.2. The maximum absolute atomic E-state index is 11.8. The lowest BCUT2D eigenvalue weighted by Crippen LogP contribution is -2.17. The highest BCUT2D eigenvalue weighted by Gasteiger charge is 2.24. The van der Waals surface area contributed by atoms with Crippen molar-refractivity contribution in [1.29, 1.82) is 0 Å². The molecule has 0 N–H and O–H groups in total. The zero-order valence-corrected chi connectivity index (χ0v) is 11.9. The van der Waals surface area contributed by atoms with E-state index in [4.69, 9.17) is 4.74 Å². The van der Waals surface area contributed by atoms with Gasteiger partial charge in [0.25, 0.3) is 0 Å². The summed E-state index contributed by atoms with van der Waals surface area (Å²) in [7, 11) is 0. The number of hydrogen-bond acceptors (Lipinski definition) is 4. The summed E-state index contributed by atoms with van der Waals surface area (Å²) in [5.74, 6) is 0.988. The summed E-state index contributed by atoms with van der Waals surface area (Å²) in [5, 5.41) is 4.21. The summed E-state index contributed by atoms with van der Waals surface area (Å²) in [6, 6.07) is 9.76. The van der Waals surface area contributed by atoms with Crippen molar-refractivity contribution in [3.63, 3.8) is 0 Å². The van der Waals surface area contributed by atoms with E-state index < -0.39 is 0 Å². The number of nitrogens with zero attached hydrogens (tertiary/aromatic N) is 2. The topological polar surface area (TPSA) is 44.1 Å². The molecule has 0 aliphatic carbocycles. The van der Waals surface area contributed by atoms with E-state index in [1.807, 2.05) is 36.5 Å². The van der Waals surface area contributed by atoms with Crippen LogP contribution < -0.4 is 0 Å². The smallest absolute Gasteiger partial charge is 0.319 e. The average Bonchev–Trinajstić information content (AvgIpc) is 3.18. The van der Waals surface area contributed by atoms with Crippen LogP contribution in [-0.2, 0) is 16.1 Å². The fourth-order valence-corrected chi connectivity index (χ4v) is 3.33. The summed E-state index contributed by atoms with van der Waals surface area (Å²) >= 11 is 1.70. The quantitative estimate of drug-likeness (QED) is 0.812. The van der Waals surface area contributed by atoms with Crippen molar-refractivity contribution in [2.75, 3.05) is 5.75 Å². The SMILES string of the molecule is O=C(OCc1ccc(-n2cccn2)cc1)[C@@H]1CCCS1. The molecule has 1 aliphatic heterocycles. The van der Waals surface area contributed by atoms with E-state index in [0.29, 0.717) is 6.61 Å². The third kappa shape index (κ3) is 3.04. The number of esters is 1. The number of carbonyl (C=O) groups excluding carboxylic acids is 1. The van der Waals surface area contributed by atoms with E-state index in [2.05, 4.69) is 5.10 Å². The molecule has 2 heterocycles. The Morgan fingerprint density at radius 1 is 1.40 bits per heavy atom. The molecule has 5 heteroatoms. The fraction of sp³-hybridized carbons (Fsp3) is 0.333. The molecule has 1 aromatic heterocycles. The molecule has 1 aliphatic rings. The fourth-order valence-electron chi connectivity index (χ4n) is 2.18. The van der Waals surface area contributed by atoms with Crippen molar-refractivity contribution >= 4 is 17.7 Å². The van der Waals surface area contributed by atoms with Gasteiger partial charge in [-0.25, -0.2) is 4.68 Å². The third-order valence-corrected chi connectivity index (χ3v) is 4.63. The van der Waals surface area contributed by atoms with Gasteiger partial charge in [-0.2, -0.15) is 5.10 Å². The lowest BCUT2D eigenvalue weighted by Gasteiger charge is -2.09. The van der Waals surface area contributed by atoms with Crippen LogP contribution in [0.4, 0.5) is 0 Å².